The van der Waals surface area contributed by atoms with Crippen molar-refractivity contribution in [3.05, 3.63) is 67.8 Å². The molecule has 33 heavy (non-hydrogen) atoms. The van der Waals surface area contributed by atoms with Crippen LogP contribution in [0.1, 0.15) is 50.4 Å². The Hall–Kier alpha value is -3.27. The van der Waals surface area contributed by atoms with Gasteiger partial charge in [0.2, 0.25) is 5.28 Å². The molecule has 10 nitrogen and oxygen atoms in total. The SMILES string of the molecule is CCCCn1c(=O)n(CCCn2nnnc2C2(c3ccccc3)CC2)c(=O)c2[nH]c(Cl)nc21. The molecule has 1 aliphatic carbocycles. The van der Waals surface area contributed by atoms with E-state index in [2.05, 4.69) is 37.6 Å². The number of hydrogen-bond donors (Lipinski definition) is 1. The standard InChI is InChI=1S/C22H25ClN8O2/c1-2-3-12-29-17-16(24-20(23)25-17)18(32)30(21(29)33)13-7-14-31-19(26-27-28-31)22(10-11-22)15-8-5-4-6-9-15/h4-6,8-9H,2-3,7,10-14H2,1H3,(H,24,25). The molecule has 0 spiro atoms. The van der Waals surface area contributed by atoms with E-state index in [0.29, 0.717) is 25.2 Å². The zero-order valence-corrected chi connectivity index (χ0v) is 19.1. The lowest BCUT2D eigenvalue weighted by molar-refractivity contribution is 0.466. The first-order chi connectivity index (χ1) is 16.0. The number of hydrogen-bond acceptors (Lipinski definition) is 6. The number of imidazole rings is 1. The summed E-state index contributed by atoms with van der Waals surface area (Å²) in [4.78, 5) is 33.0. The number of aryl methyl sites for hydroxylation is 2. The van der Waals surface area contributed by atoms with Crippen molar-refractivity contribution in [2.45, 2.75) is 64.1 Å². The van der Waals surface area contributed by atoms with Gasteiger partial charge in [0.15, 0.2) is 17.0 Å². The van der Waals surface area contributed by atoms with E-state index >= 15 is 0 Å². The van der Waals surface area contributed by atoms with E-state index in [0.717, 1.165) is 31.5 Å². The Labute approximate surface area is 194 Å². The number of aromatic nitrogens is 8. The number of nitrogens with zero attached hydrogens (tertiary/aromatic N) is 7. The first kappa shape index (κ1) is 21.6. The molecule has 1 saturated carbocycles. The third-order valence-electron chi connectivity index (χ3n) is 6.36. The van der Waals surface area contributed by atoms with E-state index in [4.69, 9.17) is 11.6 Å². The molecule has 0 unspecified atom stereocenters. The van der Waals surface area contributed by atoms with Crippen LogP contribution in [0.25, 0.3) is 11.2 Å². The second kappa shape index (κ2) is 8.58. The number of aromatic amines is 1. The number of nitrogens with one attached hydrogen (secondary N) is 1. The molecular weight excluding hydrogens is 444 g/mol. The maximum Gasteiger partial charge on any atom is 0.332 e. The summed E-state index contributed by atoms with van der Waals surface area (Å²) >= 11 is 6.00. The van der Waals surface area contributed by atoms with Crippen LogP contribution in [0.15, 0.2) is 39.9 Å². The van der Waals surface area contributed by atoms with Gasteiger partial charge in [-0.25, -0.2) is 9.48 Å². The van der Waals surface area contributed by atoms with Crippen LogP contribution in [-0.4, -0.2) is 39.3 Å². The minimum absolute atomic E-state index is 0.0958. The first-order valence-electron chi connectivity index (χ1n) is 11.3. The Kier molecular flexibility index (Phi) is 5.61. The molecule has 11 heteroatoms. The number of tetrazole rings is 1. The zero-order valence-electron chi connectivity index (χ0n) is 18.4. The maximum absolute atomic E-state index is 13.1. The highest BCUT2D eigenvalue weighted by Gasteiger charge is 2.50. The van der Waals surface area contributed by atoms with Gasteiger partial charge in [-0.15, -0.1) is 5.10 Å². The van der Waals surface area contributed by atoms with E-state index in [1.165, 1.54) is 14.7 Å². The van der Waals surface area contributed by atoms with Crippen LogP contribution < -0.4 is 11.2 Å². The Morgan fingerprint density at radius 3 is 2.55 bits per heavy atom. The monoisotopic (exact) mass is 468 g/mol. The molecule has 0 aliphatic heterocycles. The van der Waals surface area contributed by atoms with E-state index < -0.39 is 5.56 Å². The van der Waals surface area contributed by atoms with Gasteiger partial charge < -0.3 is 4.98 Å². The number of fused-ring (bicyclic) bond motifs is 1. The second-order valence-electron chi connectivity index (χ2n) is 8.50. The average Bonchev–Trinajstić information content (AvgIpc) is 3.32. The van der Waals surface area contributed by atoms with Crippen molar-refractivity contribution in [2.75, 3.05) is 0 Å². The molecule has 0 bridgehead atoms. The molecule has 1 N–H and O–H groups in total. The number of H-pyrrole nitrogens is 1. The van der Waals surface area contributed by atoms with Gasteiger partial charge in [0, 0.05) is 19.6 Å². The summed E-state index contributed by atoms with van der Waals surface area (Å²) < 4.78 is 4.58. The predicted octanol–water partition coefficient (Wildman–Crippen LogP) is 2.50. The fraction of sp³-hybridized carbons (Fsp3) is 0.455. The number of benzene rings is 1. The molecule has 0 radical (unpaired) electrons. The Morgan fingerprint density at radius 2 is 1.82 bits per heavy atom. The minimum Gasteiger partial charge on any atom is -0.323 e. The predicted molar refractivity (Wildman–Crippen MR) is 123 cm³/mol. The second-order valence-corrected chi connectivity index (χ2v) is 8.86. The van der Waals surface area contributed by atoms with Gasteiger partial charge >= 0.3 is 5.69 Å². The fourth-order valence-electron chi connectivity index (χ4n) is 4.45. The fourth-order valence-corrected chi connectivity index (χ4v) is 4.63. The largest absolute Gasteiger partial charge is 0.332 e. The molecule has 5 rings (SSSR count). The summed E-state index contributed by atoms with van der Waals surface area (Å²) in [5.41, 5.74) is 0.824. The normalized spacial score (nSPS) is 14.7. The van der Waals surface area contributed by atoms with Crippen LogP contribution >= 0.6 is 11.6 Å². The van der Waals surface area contributed by atoms with Crippen LogP contribution in [0.2, 0.25) is 5.28 Å². The summed E-state index contributed by atoms with van der Waals surface area (Å²) in [6.07, 6.45) is 4.23. The van der Waals surface area contributed by atoms with Crippen LogP contribution in [-0.2, 0) is 25.0 Å². The van der Waals surface area contributed by atoms with Gasteiger partial charge in [-0.3, -0.25) is 13.9 Å². The van der Waals surface area contributed by atoms with Crippen molar-refractivity contribution in [3.8, 4) is 0 Å². The zero-order chi connectivity index (χ0) is 23.0. The molecule has 1 aromatic carbocycles. The lowest BCUT2D eigenvalue weighted by Crippen LogP contribution is -2.40. The van der Waals surface area contributed by atoms with E-state index in [-0.39, 0.29) is 28.4 Å². The van der Waals surface area contributed by atoms with Gasteiger partial charge in [-0.05, 0) is 53.3 Å². The van der Waals surface area contributed by atoms with Crippen LogP contribution in [0.5, 0.6) is 0 Å². The Morgan fingerprint density at radius 1 is 1.06 bits per heavy atom. The number of halogens is 1. The molecule has 1 fully saturated rings. The summed E-state index contributed by atoms with van der Waals surface area (Å²) in [7, 11) is 0. The highest BCUT2D eigenvalue weighted by molar-refractivity contribution is 6.28. The molecule has 0 atom stereocenters. The summed E-state index contributed by atoms with van der Waals surface area (Å²) in [6, 6.07) is 10.3. The summed E-state index contributed by atoms with van der Waals surface area (Å²) in [6.45, 7) is 3.26. The van der Waals surface area contributed by atoms with Crippen molar-refractivity contribution < 1.29 is 0 Å². The van der Waals surface area contributed by atoms with Crippen LogP contribution in [0.3, 0.4) is 0 Å². The van der Waals surface area contributed by atoms with Crippen LogP contribution in [0.4, 0.5) is 0 Å². The van der Waals surface area contributed by atoms with Crippen molar-refractivity contribution in [2.24, 2.45) is 0 Å². The topological polar surface area (TPSA) is 116 Å². The van der Waals surface area contributed by atoms with Gasteiger partial charge in [-0.1, -0.05) is 43.7 Å². The van der Waals surface area contributed by atoms with Crippen LogP contribution in [0, 0.1) is 0 Å². The van der Waals surface area contributed by atoms with Gasteiger partial charge in [0.05, 0.1) is 5.41 Å². The van der Waals surface area contributed by atoms with Crippen molar-refractivity contribution in [3.63, 3.8) is 0 Å². The molecule has 0 saturated heterocycles. The van der Waals surface area contributed by atoms with Gasteiger partial charge in [0.25, 0.3) is 5.56 Å². The lowest BCUT2D eigenvalue weighted by Gasteiger charge is -2.15. The van der Waals surface area contributed by atoms with Gasteiger partial charge in [-0.2, -0.15) is 4.98 Å². The quantitative estimate of drug-likeness (QED) is 0.377. The molecule has 0 amide bonds. The average molecular weight is 469 g/mol. The molecule has 1 aliphatic rings. The molecule has 4 aromatic rings. The summed E-state index contributed by atoms with van der Waals surface area (Å²) in [5.74, 6) is 0.831. The van der Waals surface area contributed by atoms with E-state index in [9.17, 15) is 9.59 Å². The van der Waals surface area contributed by atoms with Crippen molar-refractivity contribution in [1.82, 2.24) is 39.3 Å². The molecular formula is C22H25ClN8O2. The number of unbranched alkanes of at least 4 members (excludes halogenated alkanes) is 1. The molecule has 3 aromatic heterocycles. The van der Waals surface area contributed by atoms with E-state index in [1.54, 1.807) is 4.68 Å². The van der Waals surface area contributed by atoms with E-state index in [1.807, 2.05) is 25.1 Å². The summed E-state index contributed by atoms with van der Waals surface area (Å²) in [5, 5.41) is 12.5. The lowest BCUT2D eigenvalue weighted by atomic mass is 9.95. The Bertz CT molecular complexity index is 1400. The third kappa shape index (κ3) is 3.78. The minimum atomic E-state index is -0.415. The maximum atomic E-state index is 13.1. The highest BCUT2D eigenvalue weighted by Crippen LogP contribution is 2.52. The number of rotatable bonds is 9. The molecule has 172 valence electrons. The molecule has 3 heterocycles. The van der Waals surface area contributed by atoms with Crippen molar-refractivity contribution in [1.29, 1.82) is 0 Å². The third-order valence-corrected chi connectivity index (χ3v) is 6.53. The Balaban J connectivity index is 1.40. The first-order valence-corrected chi connectivity index (χ1v) is 11.6. The van der Waals surface area contributed by atoms with Gasteiger partial charge in [0.1, 0.15) is 0 Å². The highest BCUT2D eigenvalue weighted by atomic mass is 35.5. The van der Waals surface area contributed by atoms with Crippen molar-refractivity contribution >= 4 is 22.8 Å². The smallest absolute Gasteiger partial charge is 0.323 e.